The molecule has 23 heavy (non-hydrogen) atoms. The molecular formula is C14H14N6OS2. The van der Waals surface area contributed by atoms with Gasteiger partial charge in [0.05, 0.1) is 5.75 Å². The number of amides is 1. The summed E-state index contributed by atoms with van der Waals surface area (Å²) in [5.41, 5.74) is 0.956. The number of carbonyl (C=O) groups is 1. The molecule has 0 saturated carbocycles. The molecule has 3 aromatic rings. The largest absolute Gasteiger partial charge is 0.300 e. The van der Waals surface area contributed by atoms with Crippen LogP contribution in [0.1, 0.15) is 11.9 Å². The van der Waals surface area contributed by atoms with E-state index < -0.39 is 0 Å². The monoisotopic (exact) mass is 346 g/mol. The summed E-state index contributed by atoms with van der Waals surface area (Å²) in [6.45, 7) is 2.00. The molecule has 0 fully saturated rings. The molecule has 0 aliphatic carbocycles. The maximum Gasteiger partial charge on any atom is 0.236 e. The van der Waals surface area contributed by atoms with Gasteiger partial charge in [0.25, 0.3) is 0 Å². The predicted molar refractivity (Wildman–Crippen MR) is 90.5 cm³/mol. The van der Waals surface area contributed by atoms with E-state index in [4.69, 9.17) is 0 Å². The highest BCUT2D eigenvalue weighted by atomic mass is 32.2. The van der Waals surface area contributed by atoms with E-state index in [1.807, 2.05) is 37.3 Å². The Hall–Kier alpha value is -2.26. The van der Waals surface area contributed by atoms with Crippen LogP contribution in [-0.2, 0) is 11.2 Å². The van der Waals surface area contributed by atoms with Crippen molar-refractivity contribution in [3.63, 3.8) is 0 Å². The summed E-state index contributed by atoms with van der Waals surface area (Å²) in [7, 11) is 0. The van der Waals surface area contributed by atoms with Crippen molar-refractivity contribution in [2.24, 2.45) is 0 Å². The molecular weight excluding hydrogens is 332 g/mol. The summed E-state index contributed by atoms with van der Waals surface area (Å²) < 4.78 is 0. The maximum atomic E-state index is 11.9. The number of thioether (sulfide) groups is 1. The Morgan fingerprint density at radius 3 is 2.87 bits per heavy atom. The summed E-state index contributed by atoms with van der Waals surface area (Å²) >= 11 is 2.65. The van der Waals surface area contributed by atoms with Crippen molar-refractivity contribution in [2.45, 2.75) is 18.5 Å². The predicted octanol–water partition coefficient (Wildman–Crippen LogP) is 2.62. The summed E-state index contributed by atoms with van der Waals surface area (Å²) in [6, 6.07) is 9.71. The van der Waals surface area contributed by atoms with Crippen LogP contribution in [0.15, 0.2) is 35.5 Å². The molecule has 7 nitrogen and oxygen atoms in total. The van der Waals surface area contributed by atoms with Gasteiger partial charge < -0.3 is 0 Å². The first kappa shape index (κ1) is 15.6. The van der Waals surface area contributed by atoms with Crippen molar-refractivity contribution in [2.75, 3.05) is 11.1 Å². The first-order chi connectivity index (χ1) is 11.2. The topological polar surface area (TPSA) is 96.5 Å². The molecule has 3 rings (SSSR count). The van der Waals surface area contributed by atoms with Gasteiger partial charge in [-0.2, -0.15) is 0 Å². The zero-order chi connectivity index (χ0) is 16.1. The van der Waals surface area contributed by atoms with Crippen LogP contribution in [0.4, 0.5) is 5.13 Å². The summed E-state index contributed by atoms with van der Waals surface area (Å²) in [5.74, 6) is 0.748. The Morgan fingerprint density at radius 1 is 1.30 bits per heavy atom. The molecule has 0 unspecified atom stereocenters. The molecule has 0 atom stereocenters. The van der Waals surface area contributed by atoms with Crippen molar-refractivity contribution in [3.8, 4) is 11.4 Å². The standard InChI is InChI=1S/C14H14N6OS2/c1-2-11-17-20-14(23-11)15-10(21)8-22-13-16-12(18-19-13)9-6-4-3-5-7-9/h3-7H,2,8H2,1H3,(H,15,20,21)(H,16,18,19). The third kappa shape index (κ3) is 4.14. The number of nitrogens with one attached hydrogen (secondary N) is 2. The van der Waals surface area contributed by atoms with Crippen LogP contribution in [0.2, 0.25) is 0 Å². The number of rotatable bonds is 6. The van der Waals surface area contributed by atoms with Crippen LogP contribution in [0.25, 0.3) is 11.4 Å². The molecule has 0 bridgehead atoms. The van der Waals surface area contributed by atoms with Gasteiger partial charge in [0.1, 0.15) is 5.01 Å². The number of H-pyrrole nitrogens is 1. The number of carbonyl (C=O) groups excluding carboxylic acids is 1. The number of anilines is 1. The fraction of sp³-hybridized carbons (Fsp3) is 0.214. The summed E-state index contributed by atoms with van der Waals surface area (Å²) in [6.07, 6.45) is 0.807. The molecule has 1 amide bonds. The maximum absolute atomic E-state index is 11.9. The van der Waals surface area contributed by atoms with Crippen molar-refractivity contribution in [3.05, 3.63) is 35.3 Å². The van der Waals surface area contributed by atoms with Gasteiger partial charge >= 0.3 is 0 Å². The zero-order valence-corrected chi connectivity index (χ0v) is 13.9. The minimum absolute atomic E-state index is 0.153. The van der Waals surface area contributed by atoms with E-state index in [0.29, 0.717) is 16.1 Å². The lowest BCUT2D eigenvalue weighted by Crippen LogP contribution is -2.13. The lowest BCUT2D eigenvalue weighted by atomic mass is 10.2. The lowest BCUT2D eigenvalue weighted by Gasteiger charge is -1.98. The van der Waals surface area contributed by atoms with Gasteiger partial charge in [-0.15, -0.1) is 15.3 Å². The fourth-order valence-electron chi connectivity index (χ4n) is 1.77. The smallest absolute Gasteiger partial charge is 0.236 e. The lowest BCUT2D eigenvalue weighted by molar-refractivity contribution is -0.113. The molecule has 118 valence electrons. The van der Waals surface area contributed by atoms with Gasteiger partial charge in [-0.25, -0.2) is 4.98 Å². The van der Waals surface area contributed by atoms with E-state index in [-0.39, 0.29) is 11.7 Å². The van der Waals surface area contributed by atoms with E-state index in [9.17, 15) is 4.79 Å². The van der Waals surface area contributed by atoms with Crippen LogP contribution in [0, 0.1) is 0 Å². The third-order valence-electron chi connectivity index (χ3n) is 2.86. The molecule has 9 heteroatoms. The summed E-state index contributed by atoms with van der Waals surface area (Å²) in [5, 5.41) is 19.5. The second kappa shape index (κ2) is 7.34. The molecule has 0 aliphatic rings. The number of benzene rings is 1. The third-order valence-corrected chi connectivity index (χ3v) is 4.69. The Balaban J connectivity index is 1.54. The SMILES string of the molecule is CCc1nnc(NC(=O)CSc2n[nH]c(-c3ccccc3)n2)s1. The Kier molecular flexibility index (Phi) is 4.99. The Labute approximate surface area is 141 Å². The Bertz CT molecular complexity index is 785. The average Bonchev–Trinajstić information content (AvgIpc) is 3.23. The number of aryl methyl sites for hydroxylation is 1. The van der Waals surface area contributed by atoms with Gasteiger partial charge in [0.15, 0.2) is 5.82 Å². The molecule has 0 radical (unpaired) electrons. The zero-order valence-electron chi connectivity index (χ0n) is 12.3. The fourth-order valence-corrected chi connectivity index (χ4v) is 3.06. The highest BCUT2D eigenvalue weighted by Gasteiger charge is 2.11. The normalized spacial score (nSPS) is 10.7. The van der Waals surface area contributed by atoms with Crippen LogP contribution in [0.3, 0.4) is 0 Å². The van der Waals surface area contributed by atoms with Crippen molar-refractivity contribution in [1.82, 2.24) is 25.4 Å². The molecule has 2 aromatic heterocycles. The summed E-state index contributed by atoms with van der Waals surface area (Å²) in [4.78, 5) is 16.3. The van der Waals surface area contributed by atoms with Gasteiger partial charge in [-0.05, 0) is 6.42 Å². The first-order valence-corrected chi connectivity index (χ1v) is 8.77. The van der Waals surface area contributed by atoms with Crippen LogP contribution >= 0.6 is 23.1 Å². The number of aromatic nitrogens is 5. The van der Waals surface area contributed by atoms with Crippen LogP contribution < -0.4 is 5.32 Å². The van der Waals surface area contributed by atoms with Crippen molar-refractivity contribution < 1.29 is 4.79 Å². The Morgan fingerprint density at radius 2 is 2.13 bits per heavy atom. The highest BCUT2D eigenvalue weighted by Crippen LogP contribution is 2.20. The van der Waals surface area contributed by atoms with E-state index in [0.717, 1.165) is 17.0 Å². The number of nitrogens with zero attached hydrogens (tertiary/aromatic N) is 4. The van der Waals surface area contributed by atoms with Gasteiger partial charge in [0, 0.05) is 5.56 Å². The molecule has 0 spiro atoms. The number of hydrogen-bond donors (Lipinski definition) is 2. The van der Waals surface area contributed by atoms with E-state index in [1.165, 1.54) is 23.1 Å². The quantitative estimate of drug-likeness (QED) is 0.666. The highest BCUT2D eigenvalue weighted by molar-refractivity contribution is 7.99. The van der Waals surface area contributed by atoms with Crippen LogP contribution in [0.5, 0.6) is 0 Å². The van der Waals surface area contributed by atoms with E-state index in [2.05, 4.69) is 30.7 Å². The van der Waals surface area contributed by atoms with Crippen LogP contribution in [-0.4, -0.2) is 37.0 Å². The molecule has 2 N–H and O–H groups in total. The molecule has 0 saturated heterocycles. The van der Waals surface area contributed by atoms with Crippen molar-refractivity contribution >= 4 is 34.1 Å². The number of hydrogen-bond acceptors (Lipinski definition) is 7. The second-order valence-electron chi connectivity index (χ2n) is 4.52. The molecule has 0 aliphatic heterocycles. The first-order valence-electron chi connectivity index (χ1n) is 6.97. The van der Waals surface area contributed by atoms with Gasteiger partial charge in [0.2, 0.25) is 16.2 Å². The minimum Gasteiger partial charge on any atom is -0.300 e. The number of aromatic amines is 1. The van der Waals surface area contributed by atoms with Gasteiger partial charge in [-0.3, -0.25) is 15.2 Å². The van der Waals surface area contributed by atoms with Gasteiger partial charge in [-0.1, -0.05) is 60.4 Å². The second-order valence-corrected chi connectivity index (χ2v) is 6.53. The molecule has 1 aromatic carbocycles. The van der Waals surface area contributed by atoms with E-state index in [1.54, 1.807) is 0 Å². The molecule has 2 heterocycles. The van der Waals surface area contributed by atoms with Crippen molar-refractivity contribution in [1.29, 1.82) is 0 Å². The minimum atomic E-state index is -0.153. The average molecular weight is 346 g/mol. The van der Waals surface area contributed by atoms with E-state index >= 15 is 0 Å².